The van der Waals surface area contributed by atoms with Gasteiger partial charge in [0.2, 0.25) is 0 Å². The van der Waals surface area contributed by atoms with Crippen LogP contribution in [0.2, 0.25) is 0 Å². The molecule has 0 bridgehead atoms. The molecule has 0 amide bonds. The Labute approximate surface area is 111 Å². The average Bonchev–Trinajstić information content (AvgIpc) is 2.40. The standard InChI is InChI=1S/C12H26N2O3S/c1-3-12(4-2)14(10-11-15)18(16,17)13-8-6-5-7-9-13/h12,15H,3-11H2,1-2H3. The van der Waals surface area contributed by atoms with Crippen LogP contribution >= 0.6 is 0 Å². The zero-order chi connectivity index (χ0) is 13.6. The summed E-state index contributed by atoms with van der Waals surface area (Å²) in [5.41, 5.74) is 0. The van der Waals surface area contributed by atoms with E-state index in [1.807, 2.05) is 13.8 Å². The lowest BCUT2D eigenvalue weighted by Crippen LogP contribution is -2.50. The second-order valence-corrected chi connectivity index (χ2v) is 6.65. The van der Waals surface area contributed by atoms with Crippen molar-refractivity contribution in [2.24, 2.45) is 0 Å². The predicted octanol–water partition coefficient (Wildman–Crippen LogP) is 1.20. The first-order chi connectivity index (χ1) is 8.57. The molecule has 0 radical (unpaired) electrons. The number of nitrogens with zero attached hydrogens (tertiary/aromatic N) is 2. The van der Waals surface area contributed by atoms with Gasteiger partial charge in [0.05, 0.1) is 6.61 Å². The molecule has 0 saturated carbocycles. The van der Waals surface area contributed by atoms with Crippen LogP contribution in [0.3, 0.4) is 0 Å². The largest absolute Gasteiger partial charge is 0.395 e. The number of piperidine rings is 1. The molecule has 0 aromatic carbocycles. The van der Waals surface area contributed by atoms with Crippen molar-refractivity contribution in [1.82, 2.24) is 8.61 Å². The Hall–Kier alpha value is -0.170. The van der Waals surface area contributed by atoms with Gasteiger partial charge in [0.25, 0.3) is 10.2 Å². The minimum atomic E-state index is -3.40. The van der Waals surface area contributed by atoms with Crippen LogP contribution in [-0.4, -0.2) is 54.4 Å². The lowest BCUT2D eigenvalue weighted by molar-refractivity contribution is 0.204. The van der Waals surface area contributed by atoms with Gasteiger partial charge >= 0.3 is 0 Å². The van der Waals surface area contributed by atoms with Gasteiger partial charge in [-0.25, -0.2) is 0 Å². The third kappa shape index (κ3) is 3.66. The summed E-state index contributed by atoms with van der Waals surface area (Å²) >= 11 is 0. The quantitative estimate of drug-likeness (QED) is 0.761. The van der Waals surface area contributed by atoms with Crippen molar-refractivity contribution in [3.63, 3.8) is 0 Å². The summed E-state index contributed by atoms with van der Waals surface area (Å²) in [5.74, 6) is 0. The third-order valence-corrected chi connectivity index (χ3v) is 5.70. The summed E-state index contributed by atoms with van der Waals surface area (Å²) in [6.45, 7) is 5.29. The Kier molecular flexibility index (Phi) is 6.55. The molecule has 1 aliphatic rings. The molecule has 1 N–H and O–H groups in total. The van der Waals surface area contributed by atoms with Crippen molar-refractivity contribution in [3.05, 3.63) is 0 Å². The van der Waals surface area contributed by atoms with Gasteiger partial charge in [0.15, 0.2) is 0 Å². The van der Waals surface area contributed by atoms with Crippen molar-refractivity contribution < 1.29 is 13.5 Å². The molecule has 0 aliphatic carbocycles. The summed E-state index contributed by atoms with van der Waals surface area (Å²) < 4.78 is 28.2. The molecule has 1 rings (SSSR count). The molecular weight excluding hydrogens is 252 g/mol. The monoisotopic (exact) mass is 278 g/mol. The SMILES string of the molecule is CCC(CC)N(CCO)S(=O)(=O)N1CCCCC1. The molecule has 6 heteroatoms. The topological polar surface area (TPSA) is 60.9 Å². The lowest BCUT2D eigenvalue weighted by atomic mass is 10.2. The van der Waals surface area contributed by atoms with Gasteiger partial charge in [0.1, 0.15) is 0 Å². The minimum absolute atomic E-state index is 0.0101. The summed E-state index contributed by atoms with van der Waals surface area (Å²) in [5, 5.41) is 9.11. The van der Waals surface area contributed by atoms with Crippen LogP contribution in [0.4, 0.5) is 0 Å². The Morgan fingerprint density at radius 1 is 1.17 bits per heavy atom. The zero-order valence-corrected chi connectivity index (χ0v) is 12.3. The number of aliphatic hydroxyl groups is 1. The molecule has 5 nitrogen and oxygen atoms in total. The molecule has 108 valence electrons. The molecule has 0 spiro atoms. The summed E-state index contributed by atoms with van der Waals surface area (Å²) in [6.07, 6.45) is 4.55. The van der Waals surface area contributed by atoms with Gasteiger partial charge in [-0.05, 0) is 25.7 Å². The molecule has 1 heterocycles. The van der Waals surface area contributed by atoms with E-state index in [2.05, 4.69) is 0 Å². The van der Waals surface area contributed by atoms with Crippen molar-refractivity contribution in [3.8, 4) is 0 Å². The maximum atomic E-state index is 12.6. The van der Waals surface area contributed by atoms with E-state index in [0.717, 1.165) is 32.1 Å². The van der Waals surface area contributed by atoms with E-state index in [4.69, 9.17) is 5.11 Å². The van der Waals surface area contributed by atoms with Crippen LogP contribution in [0.15, 0.2) is 0 Å². The fraction of sp³-hybridized carbons (Fsp3) is 1.00. The van der Waals surface area contributed by atoms with E-state index in [0.29, 0.717) is 13.1 Å². The fourth-order valence-corrected chi connectivity index (χ4v) is 4.53. The van der Waals surface area contributed by atoms with Gasteiger partial charge < -0.3 is 5.11 Å². The third-order valence-electron chi connectivity index (χ3n) is 3.61. The highest BCUT2D eigenvalue weighted by molar-refractivity contribution is 7.86. The normalized spacial score (nSPS) is 18.7. The van der Waals surface area contributed by atoms with E-state index in [9.17, 15) is 8.42 Å². The van der Waals surface area contributed by atoms with Crippen molar-refractivity contribution in [2.45, 2.75) is 52.0 Å². The Balaban J connectivity index is 2.87. The van der Waals surface area contributed by atoms with Gasteiger partial charge in [-0.15, -0.1) is 0 Å². The first-order valence-electron chi connectivity index (χ1n) is 6.95. The molecule has 0 aromatic rings. The number of rotatable bonds is 7. The molecule has 0 atom stereocenters. The number of aliphatic hydroxyl groups excluding tert-OH is 1. The maximum Gasteiger partial charge on any atom is 0.282 e. The van der Waals surface area contributed by atoms with Crippen LogP contribution in [0.1, 0.15) is 46.0 Å². The van der Waals surface area contributed by atoms with Gasteiger partial charge in [-0.1, -0.05) is 20.3 Å². The first kappa shape index (κ1) is 15.9. The number of hydrogen-bond acceptors (Lipinski definition) is 3. The second-order valence-electron chi connectivity index (χ2n) is 4.77. The fourth-order valence-electron chi connectivity index (χ4n) is 2.52. The highest BCUT2D eigenvalue weighted by Crippen LogP contribution is 2.20. The van der Waals surface area contributed by atoms with E-state index >= 15 is 0 Å². The zero-order valence-electron chi connectivity index (χ0n) is 11.5. The maximum absolute atomic E-state index is 12.6. The lowest BCUT2D eigenvalue weighted by Gasteiger charge is -2.35. The molecule has 18 heavy (non-hydrogen) atoms. The van der Waals surface area contributed by atoms with Crippen LogP contribution < -0.4 is 0 Å². The van der Waals surface area contributed by atoms with Gasteiger partial charge in [-0.3, -0.25) is 0 Å². The Morgan fingerprint density at radius 2 is 1.72 bits per heavy atom. The second kappa shape index (κ2) is 7.43. The van der Waals surface area contributed by atoms with E-state index in [1.165, 1.54) is 4.31 Å². The van der Waals surface area contributed by atoms with Gasteiger partial charge in [0, 0.05) is 25.7 Å². The molecule has 1 aliphatic heterocycles. The molecule has 1 fully saturated rings. The first-order valence-corrected chi connectivity index (χ1v) is 8.35. The molecule has 0 aromatic heterocycles. The summed E-state index contributed by atoms with van der Waals surface area (Å²) in [4.78, 5) is 0. The molecule has 1 saturated heterocycles. The van der Waals surface area contributed by atoms with Crippen molar-refractivity contribution in [1.29, 1.82) is 0 Å². The minimum Gasteiger partial charge on any atom is -0.395 e. The highest BCUT2D eigenvalue weighted by Gasteiger charge is 2.33. The Bertz CT molecular complexity index is 322. The van der Waals surface area contributed by atoms with E-state index < -0.39 is 10.2 Å². The smallest absolute Gasteiger partial charge is 0.282 e. The number of hydrogen-bond donors (Lipinski definition) is 1. The summed E-state index contributed by atoms with van der Waals surface area (Å²) in [7, 11) is -3.40. The molecule has 0 unspecified atom stereocenters. The van der Waals surface area contributed by atoms with Crippen LogP contribution in [-0.2, 0) is 10.2 Å². The van der Waals surface area contributed by atoms with Crippen LogP contribution in [0.5, 0.6) is 0 Å². The Morgan fingerprint density at radius 3 is 2.17 bits per heavy atom. The van der Waals surface area contributed by atoms with Crippen LogP contribution in [0.25, 0.3) is 0 Å². The average molecular weight is 278 g/mol. The van der Waals surface area contributed by atoms with Crippen molar-refractivity contribution in [2.75, 3.05) is 26.2 Å². The van der Waals surface area contributed by atoms with Crippen molar-refractivity contribution >= 4 is 10.2 Å². The summed E-state index contributed by atoms with van der Waals surface area (Å²) in [6, 6.07) is -0.0101. The predicted molar refractivity (Wildman–Crippen MR) is 72.5 cm³/mol. The van der Waals surface area contributed by atoms with Gasteiger partial charge in [-0.2, -0.15) is 17.0 Å². The van der Waals surface area contributed by atoms with Crippen LogP contribution in [0, 0.1) is 0 Å². The highest BCUT2D eigenvalue weighted by atomic mass is 32.2. The van der Waals surface area contributed by atoms with E-state index in [-0.39, 0.29) is 19.2 Å². The van der Waals surface area contributed by atoms with E-state index in [1.54, 1.807) is 4.31 Å². The molecular formula is C12H26N2O3S.